The van der Waals surface area contributed by atoms with E-state index in [2.05, 4.69) is 10.4 Å². The monoisotopic (exact) mass is 413 g/mol. The summed E-state index contributed by atoms with van der Waals surface area (Å²) in [5, 5.41) is 7.60. The van der Waals surface area contributed by atoms with E-state index < -0.39 is 5.82 Å². The second-order valence-corrected chi connectivity index (χ2v) is 6.91. The molecule has 3 rings (SSSR count). The van der Waals surface area contributed by atoms with Crippen LogP contribution in [0.5, 0.6) is 5.75 Å². The summed E-state index contributed by atoms with van der Waals surface area (Å²) in [7, 11) is 1.60. The van der Waals surface area contributed by atoms with Crippen molar-refractivity contribution in [2.45, 2.75) is 20.4 Å². The molecule has 0 fully saturated rings. The first kappa shape index (κ1) is 20.6. The number of hydrogen-bond donors (Lipinski definition) is 1. The molecular weight excluding hydrogens is 393 g/mol. The number of rotatable bonds is 6. The SMILES string of the molecule is COc1ccc(/C=C/C(=O)Nc2c(C)nn(Cc3c(F)cccc3Cl)c2C)cc1. The Balaban J connectivity index is 1.74. The fourth-order valence-electron chi connectivity index (χ4n) is 2.92. The molecule has 0 radical (unpaired) electrons. The zero-order valence-electron chi connectivity index (χ0n) is 16.4. The zero-order chi connectivity index (χ0) is 21.0. The summed E-state index contributed by atoms with van der Waals surface area (Å²) in [4.78, 5) is 12.3. The van der Waals surface area contributed by atoms with Gasteiger partial charge < -0.3 is 10.1 Å². The highest BCUT2D eigenvalue weighted by molar-refractivity contribution is 6.31. The maximum absolute atomic E-state index is 14.1. The Hall–Kier alpha value is -3.12. The van der Waals surface area contributed by atoms with E-state index in [0.717, 1.165) is 11.3 Å². The van der Waals surface area contributed by atoms with E-state index in [1.165, 1.54) is 12.1 Å². The van der Waals surface area contributed by atoms with Crippen molar-refractivity contribution >= 4 is 29.3 Å². The van der Waals surface area contributed by atoms with E-state index in [9.17, 15) is 9.18 Å². The molecule has 0 aliphatic heterocycles. The maximum atomic E-state index is 14.1. The maximum Gasteiger partial charge on any atom is 0.248 e. The number of carbonyl (C=O) groups is 1. The summed E-state index contributed by atoms with van der Waals surface area (Å²) in [5.41, 5.74) is 3.19. The van der Waals surface area contributed by atoms with E-state index >= 15 is 0 Å². The van der Waals surface area contributed by atoms with Gasteiger partial charge >= 0.3 is 0 Å². The van der Waals surface area contributed by atoms with Gasteiger partial charge in [0.15, 0.2) is 0 Å². The van der Waals surface area contributed by atoms with Gasteiger partial charge in [0.05, 0.1) is 30.7 Å². The van der Waals surface area contributed by atoms with Gasteiger partial charge in [0.1, 0.15) is 11.6 Å². The number of halogens is 2. The summed E-state index contributed by atoms with van der Waals surface area (Å²) >= 11 is 6.11. The molecule has 0 unspecified atom stereocenters. The number of benzene rings is 2. The van der Waals surface area contributed by atoms with Gasteiger partial charge in [-0.25, -0.2) is 4.39 Å². The molecule has 0 spiro atoms. The number of aryl methyl sites for hydroxylation is 1. The third kappa shape index (κ3) is 4.84. The lowest BCUT2D eigenvalue weighted by molar-refractivity contribution is -0.111. The lowest BCUT2D eigenvalue weighted by Crippen LogP contribution is -2.10. The number of nitrogens with zero attached hydrogens (tertiary/aromatic N) is 2. The molecule has 1 heterocycles. The Kier molecular flexibility index (Phi) is 6.34. The fraction of sp³-hybridized carbons (Fsp3) is 0.182. The predicted octanol–water partition coefficient (Wildman–Crippen LogP) is 5.00. The second kappa shape index (κ2) is 8.92. The van der Waals surface area contributed by atoms with Crippen LogP contribution in [0.1, 0.15) is 22.5 Å². The molecule has 5 nitrogen and oxygen atoms in total. The van der Waals surface area contributed by atoms with Crippen molar-refractivity contribution in [2.24, 2.45) is 0 Å². The third-order valence-corrected chi connectivity index (χ3v) is 4.90. The molecule has 0 aliphatic carbocycles. The molecule has 3 aromatic rings. The number of methoxy groups -OCH3 is 1. The Morgan fingerprint density at radius 2 is 1.97 bits per heavy atom. The average Bonchev–Trinajstić information content (AvgIpc) is 2.97. The minimum atomic E-state index is -0.391. The van der Waals surface area contributed by atoms with Gasteiger partial charge in [0.25, 0.3) is 0 Å². The minimum Gasteiger partial charge on any atom is -0.497 e. The van der Waals surface area contributed by atoms with Crippen LogP contribution in [0.4, 0.5) is 10.1 Å². The van der Waals surface area contributed by atoms with E-state index in [-0.39, 0.29) is 12.5 Å². The number of aromatic nitrogens is 2. The molecule has 2 aromatic carbocycles. The molecule has 0 aliphatic rings. The number of nitrogens with one attached hydrogen (secondary N) is 1. The van der Waals surface area contributed by atoms with Crippen LogP contribution in [0.3, 0.4) is 0 Å². The molecule has 29 heavy (non-hydrogen) atoms. The highest BCUT2D eigenvalue weighted by Crippen LogP contribution is 2.24. The summed E-state index contributed by atoms with van der Waals surface area (Å²) in [5.74, 6) is 0.0776. The Labute approximate surface area is 173 Å². The van der Waals surface area contributed by atoms with Crippen LogP contribution >= 0.6 is 11.6 Å². The molecule has 7 heteroatoms. The first-order chi connectivity index (χ1) is 13.9. The Morgan fingerprint density at radius 1 is 1.24 bits per heavy atom. The summed E-state index contributed by atoms with van der Waals surface area (Å²) in [6, 6.07) is 11.9. The number of carbonyl (C=O) groups excluding carboxylic acids is 1. The standard InChI is InChI=1S/C22H21ClFN3O2/c1-14-22(25-21(28)12-9-16-7-10-17(29-3)11-8-16)15(2)27(26-14)13-18-19(23)5-4-6-20(18)24/h4-12H,13H2,1-3H3,(H,25,28)/b12-9+. The quantitative estimate of drug-likeness (QED) is 0.578. The summed E-state index contributed by atoms with van der Waals surface area (Å²) in [6.07, 6.45) is 3.16. The van der Waals surface area contributed by atoms with Crippen molar-refractivity contribution in [3.05, 3.63) is 81.9 Å². The molecule has 0 bridgehead atoms. The van der Waals surface area contributed by atoms with Crippen molar-refractivity contribution in [3.63, 3.8) is 0 Å². The van der Waals surface area contributed by atoms with Crippen LogP contribution in [-0.4, -0.2) is 22.8 Å². The highest BCUT2D eigenvalue weighted by Gasteiger charge is 2.16. The van der Waals surface area contributed by atoms with Gasteiger partial charge in [-0.2, -0.15) is 5.10 Å². The third-order valence-electron chi connectivity index (χ3n) is 4.54. The smallest absolute Gasteiger partial charge is 0.248 e. The number of hydrogen-bond acceptors (Lipinski definition) is 3. The highest BCUT2D eigenvalue weighted by atomic mass is 35.5. The Morgan fingerprint density at radius 3 is 2.62 bits per heavy atom. The van der Waals surface area contributed by atoms with Crippen molar-refractivity contribution in [2.75, 3.05) is 12.4 Å². The van der Waals surface area contributed by atoms with Crippen molar-refractivity contribution in [3.8, 4) is 5.75 Å². The normalized spacial score (nSPS) is 11.1. The molecular formula is C22H21ClFN3O2. The van der Waals surface area contributed by atoms with E-state index in [1.807, 2.05) is 31.2 Å². The zero-order valence-corrected chi connectivity index (χ0v) is 17.1. The summed E-state index contributed by atoms with van der Waals surface area (Å²) in [6.45, 7) is 3.78. The fourth-order valence-corrected chi connectivity index (χ4v) is 3.14. The van der Waals surface area contributed by atoms with Gasteiger partial charge in [-0.1, -0.05) is 29.8 Å². The van der Waals surface area contributed by atoms with Gasteiger partial charge in [-0.3, -0.25) is 9.48 Å². The molecule has 1 amide bonds. The topological polar surface area (TPSA) is 56.1 Å². The number of ether oxygens (including phenoxy) is 1. The first-order valence-corrected chi connectivity index (χ1v) is 9.37. The van der Waals surface area contributed by atoms with Gasteiger partial charge in [0.2, 0.25) is 5.91 Å². The second-order valence-electron chi connectivity index (χ2n) is 6.50. The van der Waals surface area contributed by atoms with E-state index in [1.54, 1.807) is 36.9 Å². The summed E-state index contributed by atoms with van der Waals surface area (Å²) < 4.78 is 20.8. The van der Waals surface area contributed by atoms with Crippen molar-refractivity contribution < 1.29 is 13.9 Å². The molecule has 150 valence electrons. The van der Waals surface area contributed by atoms with E-state index in [0.29, 0.717) is 27.7 Å². The first-order valence-electron chi connectivity index (χ1n) is 8.99. The van der Waals surface area contributed by atoms with Crippen LogP contribution in [0.25, 0.3) is 6.08 Å². The van der Waals surface area contributed by atoms with Crippen LogP contribution in [0.2, 0.25) is 5.02 Å². The van der Waals surface area contributed by atoms with Crippen molar-refractivity contribution in [1.29, 1.82) is 0 Å². The number of anilines is 1. The lowest BCUT2D eigenvalue weighted by Gasteiger charge is -2.08. The molecule has 1 aromatic heterocycles. The molecule has 0 saturated carbocycles. The van der Waals surface area contributed by atoms with Gasteiger partial charge in [-0.15, -0.1) is 0 Å². The lowest BCUT2D eigenvalue weighted by atomic mass is 10.2. The molecule has 1 N–H and O–H groups in total. The Bertz CT molecular complexity index is 1040. The van der Waals surface area contributed by atoms with Crippen LogP contribution in [-0.2, 0) is 11.3 Å². The molecule has 0 saturated heterocycles. The minimum absolute atomic E-state index is 0.176. The van der Waals surface area contributed by atoms with Crippen LogP contribution < -0.4 is 10.1 Å². The van der Waals surface area contributed by atoms with Crippen LogP contribution in [0.15, 0.2) is 48.5 Å². The molecule has 0 atom stereocenters. The van der Waals surface area contributed by atoms with Crippen molar-refractivity contribution in [1.82, 2.24) is 9.78 Å². The largest absolute Gasteiger partial charge is 0.497 e. The van der Waals surface area contributed by atoms with Gasteiger partial charge in [0, 0.05) is 16.7 Å². The van der Waals surface area contributed by atoms with Crippen LogP contribution in [0, 0.1) is 19.7 Å². The predicted molar refractivity (Wildman–Crippen MR) is 113 cm³/mol. The van der Waals surface area contributed by atoms with Gasteiger partial charge in [-0.05, 0) is 49.8 Å². The van der Waals surface area contributed by atoms with E-state index in [4.69, 9.17) is 16.3 Å². The number of amides is 1. The average molecular weight is 414 g/mol.